The molecule has 4 rings (SSSR count). The molecule has 1 aliphatic heterocycles. The number of amides is 2. The van der Waals surface area contributed by atoms with E-state index in [4.69, 9.17) is 5.10 Å². The van der Waals surface area contributed by atoms with Crippen LogP contribution in [0, 0.1) is 11.8 Å². The maximum atomic E-state index is 14.1. The highest BCUT2D eigenvalue weighted by molar-refractivity contribution is 5.96. The summed E-state index contributed by atoms with van der Waals surface area (Å²) in [6.07, 6.45) is 5.59. The number of benzene rings is 1. The second-order valence-electron chi connectivity index (χ2n) is 11.6. The van der Waals surface area contributed by atoms with E-state index in [9.17, 15) is 9.59 Å². The predicted molar refractivity (Wildman–Crippen MR) is 149 cm³/mol. The summed E-state index contributed by atoms with van der Waals surface area (Å²) in [5, 5.41) is 4.76. The van der Waals surface area contributed by atoms with E-state index < -0.39 is 0 Å². The summed E-state index contributed by atoms with van der Waals surface area (Å²) in [5.74, 6) is 1.46. The van der Waals surface area contributed by atoms with E-state index in [1.807, 2.05) is 38.9 Å². The van der Waals surface area contributed by atoms with Crippen molar-refractivity contribution in [3.63, 3.8) is 0 Å². The number of anilines is 1. The molecule has 7 heteroatoms. The molecule has 0 spiro atoms. The van der Waals surface area contributed by atoms with Crippen molar-refractivity contribution in [1.29, 1.82) is 0 Å². The number of aryl methyl sites for hydroxylation is 1. The number of carbonyl (C=O) groups excluding carboxylic acids is 2. The van der Waals surface area contributed by atoms with Gasteiger partial charge in [-0.2, -0.15) is 5.10 Å². The molecule has 0 atom stereocenters. The Morgan fingerprint density at radius 2 is 1.76 bits per heavy atom. The molecule has 2 aromatic rings. The molecule has 1 aliphatic carbocycles. The van der Waals surface area contributed by atoms with Gasteiger partial charge in [0.1, 0.15) is 0 Å². The van der Waals surface area contributed by atoms with Crippen LogP contribution in [-0.4, -0.2) is 64.1 Å². The molecule has 2 heterocycles. The van der Waals surface area contributed by atoms with E-state index in [1.165, 1.54) is 0 Å². The summed E-state index contributed by atoms with van der Waals surface area (Å²) in [7, 11) is 0. The van der Waals surface area contributed by atoms with E-state index >= 15 is 0 Å². The summed E-state index contributed by atoms with van der Waals surface area (Å²) in [4.78, 5) is 33.9. The van der Waals surface area contributed by atoms with Gasteiger partial charge in [-0.25, -0.2) is 0 Å². The number of para-hydroxylation sites is 1. The number of hydrogen-bond acceptors (Lipinski definition) is 4. The van der Waals surface area contributed by atoms with Gasteiger partial charge in [-0.1, -0.05) is 45.9 Å². The Morgan fingerprint density at radius 3 is 2.43 bits per heavy atom. The normalized spacial score (nSPS) is 17.7. The van der Waals surface area contributed by atoms with E-state index in [0.717, 1.165) is 67.9 Å². The second kappa shape index (κ2) is 12.2. The number of nitrogens with zero attached hydrogens (tertiary/aromatic N) is 5. The molecule has 0 unspecified atom stereocenters. The predicted octanol–water partition coefficient (Wildman–Crippen LogP) is 5.16. The topological polar surface area (TPSA) is 61.7 Å². The molecular weight excluding hydrogens is 462 g/mol. The average molecular weight is 508 g/mol. The lowest BCUT2D eigenvalue weighted by Crippen LogP contribution is -2.40. The number of carbonyl (C=O) groups is 2. The fourth-order valence-electron chi connectivity index (χ4n) is 5.32. The van der Waals surface area contributed by atoms with E-state index in [2.05, 4.69) is 45.6 Å². The Labute approximate surface area is 222 Å². The molecule has 2 aliphatic rings. The van der Waals surface area contributed by atoms with E-state index in [1.54, 1.807) is 0 Å². The highest BCUT2D eigenvalue weighted by atomic mass is 16.2. The van der Waals surface area contributed by atoms with Crippen LogP contribution < -0.4 is 4.90 Å². The van der Waals surface area contributed by atoms with Gasteiger partial charge in [-0.15, -0.1) is 0 Å². The number of aromatic nitrogens is 2. The lowest BCUT2D eigenvalue weighted by atomic mass is 10.1. The first-order valence-corrected chi connectivity index (χ1v) is 14.2. The van der Waals surface area contributed by atoms with Crippen LogP contribution in [0.15, 0.2) is 30.5 Å². The minimum absolute atomic E-state index is 0.0557. The highest BCUT2D eigenvalue weighted by Crippen LogP contribution is 2.41. The van der Waals surface area contributed by atoms with Crippen LogP contribution in [0.25, 0.3) is 0 Å². The number of hydrogen-bond donors (Lipinski definition) is 0. The first-order chi connectivity index (χ1) is 17.8. The lowest BCUT2D eigenvalue weighted by Gasteiger charge is -2.29. The fourth-order valence-corrected chi connectivity index (χ4v) is 5.32. The van der Waals surface area contributed by atoms with Gasteiger partial charge in [0.05, 0.1) is 11.3 Å². The van der Waals surface area contributed by atoms with Gasteiger partial charge in [0.15, 0.2) is 0 Å². The smallest absolute Gasteiger partial charge is 0.257 e. The van der Waals surface area contributed by atoms with Crippen LogP contribution in [-0.2, 0) is 17.9 Å². The van der Waals surface area contributed by atoms with Crippen molar-refractivity contribution in [1.82, 2.24) is 19.6 Å². The summed E-state index contributed by atoms with van der Waals surface area (Å²) in [6.45, 7) is 16.0. The van der Waals surface area contributed by atoms with Gasteiger partial charge in [-0.05, 0) is 56.2 Å². The molecule has 7 nitrogen and oxygen atoms in total. The molecule has 1 saturated carbocycles. The Bertz CT molecular complexity index is 1070. The SMILES string of the molecule is CCn1cc(C(=O)N2CCN(CC(C)C)CCCN(C(=O)CC(C)C)c3ccccc3C2)c(C2CC2)n1. The van der Waals surface area contributed by atoms with Crippen molar-refractivity contribution in [2.24, 2.45) is 11.8 Å². The highest BCUT2D eigenvalue weighted by Gasteiger charge is 2.33. The third-order valence-electron chi connectivity index (χ3n) is 7.29. The maximum absolute atomic E-state index is 14.1. The van der Waals surface area contributed by atoms with Gasteiger partial charge in [0.25, 0.3) is 5.91 Å². The van der Waals surface area contributed by atoms with Crippen molar-refractivity contribution in [2.45, 2.75) is 79.3 Å². The quantitative estimate of drug-likeness (QED) is 0.519. The molecule has 0 saturated heterocycles. The van der Waals surface area contributed by atoms with Gasteiger partial charge in [0, 0.05) is 63.5 Å². The van der Waals surface area contributed by atoms with Gasteiger partial charge in [0.2, 0.25) is 5.91 Å². The van der Waals surface area contributed by atoms with Crippen molar-refractivity contribution >= 4 is 17.5 Å². The summed E-state index contributed by atoms with van der Waals surface area (Å²) in [5.41, 5.74) is 3.68. The van der Waals surface area contributed by atoms with Crippen molar-refractivity contribution in [2.75, 3.05) is 37.6 Å². The molecule has 37 heavy (non-hydrogen) atoms. The summed E-state index contributed by atoms with van der Waals surface area (Å²) in [6, 6.07) is 8.14. The molecular formula is C30H45N5O2. The van der Waals surface area contributed by atoms with Crippen LogP contribution in [0.4, 0.5) is 5.69 Å². The first kappa shape index (κ1) is 27.4. The molecule has 1 fully saturated rings. The van der Waals surface area contributed by atoms with E-state index in [0.29, 0.717) is 43.8 Å². The van der Waals surface area contributed by atoms with Gasteiger partial charge < -0.3 is 14.7 Å². The number of fused-ring (bicyclic) bond motifs is 1. The van der Waals surface area contributed by atoms with Gasteiger partial charge >= 0.3 is 0 Å². The van der Waals surface area contributed by atoms with Crippen LogP contribution in [0.5, 0.6) is 0 Å². The zero-order valence-corrected chi connectivity index (χ0v) is 23.4. The zero-order valence-electron chi connectivity index (χ0n) is 23.4. The molecule has 0 bridgehead atoms. The second-order valence-corrected chi connectivity index (χ2v) is 11.6. The largest absolute Gasteiger partial charge is 0.333 e. The minimum atomic E-state index is 0.0557. The zero-order chi connectivity index (χ0) is 26.5. The van der Waals surface area contributed by atoms with Gasteiger partial charge in [-0.3, -0.25) is 14.3 Å². The average Bonchev–Trinajstić information content (AvgIpc) is 3.61. The van der Waals surface area contributed by atoms with Crippen LogP contribution >= 0.6 is 0 Å². The molecule has 202 valence electrons. The Morgan fingerprint density at radius 1 is 1.00 bits per heavy atom. The summed E-state index contributed by atoms with van der Waals surface area (Å²) >= 11 is 0. The summed E-state index contributed by atoms with van der Waals surface area (Å²) < 4.78 is 1.90. The van der Waals surface area contributed by atoms with Crippen LogP contribution in [0.2, 0.25) is 0 Å². The number of rotatable bonds is 7. The third-order valence-corrected chi connectivity index (χ3v) is 7.29. The molecule has 0 radical (unpaired) electrons. The van der Waals surface area contributed by atoms with Crippen molar-refractivity contribution in [3.8, 4) is 0 Å². The van der Waals surface area contributed by atoms with Crippen molar-refractivity contribution in [3.05, 3.63) is 47.3 Å². The third kappa shape index (κ3) is 7.01. The molecule has 0 N–H and O–H groups in total. The molecule has 1 aromatic carbocycles. The standard InChI is InChI=1S/C30H45N5O2/c1-6-34-21-26(29(31-34)24-12-13-24)30(37)33-17-16-32(19-23(4)5)14-9-15-35(28(36)18-22(2)3)27-11-8-7-10-25(27)20-33/h7-8,10-11,21-24H,6,9,12-20H2,1-5H3. The lowest BCUT2D eigenvalue weighted by molar-refractivity contribution is -0.119. The molecule has 1 aromatic heterocycles. The van der Waals surface area contributed by atoms with Crippen LogP contribution in [0.3, 0.4) is 0 Å². The Kier molecular flexibility index (Phi) is 9.06. The first-order valence-electron chi connectivity index (χ1n) is 14.2. The van der Waals surface area contributed by atoms with Crippen molar-refractivity contribution < 1.29 is 9.59 Å². The Balaban J connectivity index is 1.70. The molecule has 2 amide bonds. The minimum Gasteiger partial charge on any atom is -0.333 e. The fraction of sp³-hybridized carbons (Fsp3) is 0.633. The van der Waals surface area contributed by atoms with Crippen LogP contribution in [0.1, 0.15) is 87.8 Å². The maximum Gasteiger partial charge on any atom is 0.257 e. The Hall–Kier alpha value is -2.67. The monoisotopic (exact) mass is 507 g/mol. The van der Waals surface area contributed by atoms with E-state index in [-0.39, 0.29) is 11.8 Å².